The summed E-state index contributed by atoms with van der Waals surface area (Å²) in [5.74, 6) is 1.03. The van der Waals surface area contributed by atoms with Gasteiger partial charge in [-0.2, -0.15) is 15.5 Å². The first-order valence-electron chi connectivity index (χ1n) is 6.54. The summed E-state index contributed by atoms with van der Waals surface area (Å²) in [5.41, 5.74) is 1.91. The molecule has 0 amide bonds. The minimum Gasteiger partial charge on any atom is -0.496 e. The van der Waals surface area contributed by atoms with Crippen LogP contribution in [-0.4, -0.2) is 22.2 Å². The molecule has 0 bridgehead atoms. The minimum absolute atomic E-state index is 0.222. The fraction of sp³-hybridized carbons (Fsp3) is 0.0625. The van der Waals surface area contributed by atoms with Crippen molar-refractivity contribution in [2.24, 2.45) is 0 Å². The third-order valence-corrected chi connectivity index (χ3v) is 3.11. The summed E-state index contributed by atoms with van der Waals surface area (Å²) in [4.78, 5) is 8.39. The summed E-state index contributed by atoms with van der Waals surface area (Å²) in [6.07, 6.45) is 1.43. The van der Waals surface area contributed by atoms with Crippen molar-refractivity contribution < 1.29 is 9.26 Å². The van der Waals surface area contributed by atoms with Crippen LogP contribution in [-0.2, 0) is 0 Å². The van der Waals surface area contributed by atoms with E-state index in [2.05, 4.69) is 21.2 Å². The zero-order valence-corrected chi connectivity index (χ0v) is 12.0. The van der Waals surface area contributed by atoms with E-state index in [4.69, 9.17) is 19.8 Å². The van der Waals surface area contributed by atoms with Crippen molar-refractivity contribution in [1.29, 1.82) is 10.5 Å². The van der Waals surface area contributed by atoms with E-state index in [0.29, 0.717) is 28.1 Å². The molecule has 23 heavy (non-hydrogen) atoms. The lowest BCUT2D eigenvalue weighted by atomic mass is 10.1. The number of pyridine rings is 1. The second kappa shape index (κ2) is 5.96. The molecule has 3 rings (SSSR count). The topological polar surface area (TPSA) is 109 Å². The average Bonchev–Trinajstić information content (AvgIpc) is 3.11. The van der Waals surface area contributed by atoms with Crippen LogP contribution in [0.5, 0.6) is 5.75 Å². The van der Waals surface area contributed by atoms with Crippen LogP contribution in [0.2, 0.25) is 0 Å². The molecule has 0 aliphatic heterocycles. The van der Waals surface area contributed by atoms with Crippen LogP contribution < -0.4 is 4.74 Å². The molecule has 7 heteroatoms. The molecule has 0 aliphatic carbocycles. The van der Waals surface area contributed by atoms with E-state index < -0.39 is 0 Å². The van der Waals surface area contributed by atoms with Gasteiger partial charge in [0.05, 0.1) is 29.9 Å². The smallest absolute Gasteiger partial charge is 0.262 e. The van der Waals surface area contributed by atoms with Crippen molar-refractivity contribution in [1.82, 2.24) is 15.1 Å². The number of aromatic nitrogens is 3. The van der Waals surface area contributed by atoms with Crippen LogP contribution in [0.25, 0.3) is 23.0 Å². The number of methoxy groups -OCH3 is 1. The molecule has 2 heterocycles. The number of rotatable bonds is 3. The van der Waals surface area contributed by atoms with Crippen molar-refractivity contribution in [2.75, 3.05) is 7.11 Å². The van der Waals surface area contributed by atoms with Gasteiger partial charge in [-0.1, -0.05) is 5.16 Å². The maximum atomic E-state index is 9.01. The van der Waals surface area contributed by atoms with Gasteiger partial charge in [-0.25, -0.2) is 0 Å². The zero-order chi connectivity index (χ0) is 16.2. The quantitative estimate of drug-likeness (QED) is 0.731. The normalized spacial score (nSPS) is 9.87. The van der Waals surface area contributed by atoms with Crippen LogP contribution in [0.3, 0.4) is 0 Å². The van der Waals surface area contributed by atoms with Gasteiger partial charge in [0.1, 0.15) is 17.5 Å². The predicted molar refractivity (Wildman–Crippen MR) is 78.9 cm³/mol. The molecule has 0 N–H and O–H groups in total. The van der Waals surface area contributed by atoms with E-state index in [-0.39, 0.29) is 11.7 Å². The van der Waals surface area contributed by atoms with Crippen molar-refractivity contribution in [3.63, 3.8) is 0 Å². The highest BCUT2D eigenvalue weighted by Gasteiger charge is 2.16. The molecular weight excluding hydrogens is 294 g/mol. The minimum atomic E-state index is 0.222. The fourth-order valence-corrected chi connectivity index (χ4v) is 1.97. The molecule has 0 unspecified atom stereocenters. The molecule has 0 radical (unpaired) electrons. The molecule has 7 nitrogen and oxygen atoms in total. The molecule has 1 aromatic carbocycles. The highest BCUT2D eigenvalue weighted by atomic mass is 16.5. The van der Waals surface area contributed by atoms with Gasteiger partial charge in [0.15, 0.2) is 0 Å². The summed E-state index contributed by atoms with van der Waals surface area (Å²) < 4.78 is 10.5. The van der Waals surface area contributed by atoms with E-state index in [9.17, 15) is 0 Å². The largest absolute Gasteiger partial charge is 0.496 e. The third kappa shape index (κ3) is 2.71. The number of benzene rings is 1. The first kappa shape index (κ1) is 14.2. The Morgan fingerprint density at radius 2 is 1.87 bits per heavy atom. The monoisotopic (exact) mass is 303 g/mol. The Hall–Kier alpha value is -3.71. The lowest BCUT2D eigenvalue weighted by Gasteiger charge is -2.04. The molecule has 110 valence electrons. The van der Waals surface area contributed by atoms with Crippen LogP contribution in [0, 0.1) is 22.7 Å². The highest BCUT2D eigenvalue weighted by molar-refractivity contribution is 5.66. The maximum Gasteiger partial charge on any atom is 0.262 e. The molecule has 3 aromatic rings. The van der Waals surface area contributed by atoms with Gasteiger partial charge in [0.25, 0.3) is 5.89 Å². The Labute approximate surface area is 131 Å². The van der Waals surface area contributed by atoms with Crippen molar-refractivity contribution in [3.05, 3.63) is 47.7 Å². The van der Waals surface area contributed by atoms with E-state index in [1.165, 1.54) is 13.3 Å². The standard InChI is InChI=1S/C16H9N5O2/c1-22-14-5-3-10(7-17)6-12(14)16-20-15(21-23-16)13-4-2-11(8-18)9-19-13/h2-6,9H,1H3. The van der Waals surface area contributed by atoms with Crippen molar-refractivity contribution >= 4 is 0 Å². The first-order chi connectivity index (χ1) is 11.2. The molecule has 0 aliphatic rings. The zero-order valence-electron chi connectivity index (χ0n) is 12.0. The Morgan fingerprint density at radius 3 is 2.52 bits per heavy atom. The molecule has 0 saturated heterocycles. The molecule has 0 atom stereocenters. The van der Waals surface area contributed by atoms with Gasteiger partial charge < -0.3 is 9.26 Å². The highest BCUT2D eigenvalue weighted by Crippen LogP contribution is 2.30. The number of ether oxygens (including phenoxy) is 1. The first-order valence-corrected chi connectivity index (χ1v) is 6.54. The van der Waals surface area contributed by atoms with Crippen molar-refractivity contribution in [2.45, 2.75) is 0 Å². The van der Waals surface area contributed by atoms with Crippen LogP contribution in [0.4, 0.5) is 0 Å². The predicted octanol–water partition coefficient (Wildman–Crippen LogP) is 2.55. The van der Waals surface area contributed by atoms with Crippen molar-refractivity contribution in [3.8, 4) is 40.9 Å². The second-order valence-electron chi connectivity index (χ2n) is 4.49. The number of hydrogen-bond acceptors (Lipinski definition) is 7. The Bertz CT molecular complexity index is 932. The van der Waals surface area contributed by atoms with Gasteiger partial charge in [0, 0.05) is 6.20 Å². The van der Waals surface area contributed by atoms with Gasteiger partial charge >= 0.3 is 0 Å². The molecule has 2 aromatic heterocycles. The number of nitrogens with zero attached hydrogens (tertiary/aromatic N) is 5. The van der Waals surface area contributed by atoms with Gasteiger partial charge in [0.2, 0.25) is 5.82 Å². The summed E-state index contributed by atoms with van der Waals surface area (Å²) in [7, 11) is 1.52. The average molecular weight is 303 g/mol. The van der Waals surface area contributed by atoms with Crippen LogP contribution in [0.1, 0.15) is 11.1 Å². The Kier molecular flexibility index (Phi) is 3.69. The molecular formula is C16H9N5O2. The van der Waals surface area contributed by atoms with E-state index in [1.807, 2.05) is 6.07 Å². The second-order valence-corrected chi connectivity index (χ2v) is 4.49. The van der Waals surface area contributed by atoms with E-state index >= 15 is 0 Å². The molecule has 0 saturated carbocycles. The lowest BCUT2D eigenvalue weighted by molar-refractivity contribution is 0.405. The van der Waals surface area contributed by atoms with Crippen LogP contribution >= 0.6 is 0 Å². The number of hydrogen-bond donors (Lipinski definition) is 0. The van der Waals surface area contributed by atoms with Crippen LogP contribution in [0.15, 0.2) is 41.1 Å². The third-order valence-electron chi connectivity index (χ3n) is 3.11. The van der Waals surface area contributed by atoms with Gasteiger partial charge in [-0.3, -0.25) is 4.98 Å². The number of nitriles is 2. The summed E-state index contributed by atoms with van der Waals surface area (Å²) in [6.45, 7) is 0. The lowest BCUT2D eigenvalue weighted by Crippen LogP contribution is -1.90. The summed E-state index contributed by atoms with van der Waals surface area (Å²) in [5, 5.41) is 21.7. The summed E-state index contributed by atoms with van der Waals surface area (Å²) >= 11 is 0. The van der Waals surface area contributed by atoms with E-state index in [1.54, 1.807) is 30.3 Å². The Morgan fingerprint density at radius 1 is 1.09 bits per heavy atom. The van der Waals surface area contributed by atoms with E-state index in [0.717, 1.165) is 0 Å². The maximum absolute atomic E-state index is 9.01. The molecule has 0 fully saturated rings. The Balaban J connectivity index is 2.02. The fourth-order valence-electron chi connectivity index (χ4n) is 1.97. The SMILES string of the molecule is COc1ccc(C#N)cc1-c1nc(-c2ccc(C#N)cn2)no1. The summed E-state index contributed by atoms with van der Waals surface area (Å²) in [6, 6.07) is 12.2. The van der Waals surface area contributed by atoms with Gasteiger partial charge in [-0.05, 0) is 30.3 Å². The molecule has 0 spiro atoms. The van der Waals surface area contributed by atoms with Gasteiger partial charge in [-0.15, -0.1) is 0 Å².